The molecule has 2 aliphatic heterocycles. The molecule has 12 atom stereocenters. The predicted molar refractivity (Wildman–Crippen MR) is 309 cm³/mol. The highest BCUT2D eigenvalue weighted by Crippen LogP contribution is 2.30. The molecule has 12 unspecified atom stereocenters. The Bertz CT molecular complexity index is 1660. The lowest BCUT2D eigenvalue weighted by Gasteiger charge is -2.46. The van der Waals surface area contributed by atoms with Gasteiger partial charge in [-0.2, -0.15) is 0 Å². The van der Waals surface area contributed by atoms with Gasteiger partial charge >= 0.3 is 0 Å². The quantitative estimate of drug-likeness (QED) is 0.0205. The van der Waals surface area contributed by atoms with Crippen molar-refractivity contribution in [2.75, 3.05) is 19.8 Å². The first-order valence-electron chi connectivity index (χ1n) is 30.0. The Morgan fingerprint density at radius 1 is 0.481 bits per heavy atom. The number of amides is 1. The Balaban J connectivity index is 1.81. The van der Waals surface area contributed by atoms with Crippen LogP contribution in [0.25, 0.3) is 0 Å². The lowest BCUT2D eigenvalue weighted by Crippen LogP contribution is -2.65. The number of carbonyl (C=O) groups is 1. The molecule has 2 rings (SSSR count). The average Bonchev–Trinajstić information content (AvgIpc) is 3.44. The van der Waals surface area contributed by atoms with Gasteiger partial charge in [0, 0.05) is 6.42 Å². The molecule has 2 fully saturated rings. The molecule has 1 amide bonds. The van der Waals surface area contributed by atoms with E-state index in [4.69, 9.17) is 18.9 Å². The Kier molecular flexibility index (Phi) is 43.4. The van der Waals surface area contributed by atoms with E-state index in [1.165, 1.54) is 103 Å². The molecule has 9 N–H and O–H groups in total. The Morgan fingerprint density at radius 2 is 0.909 bits per heavy atom. The molecule has 2 aliphatic rings. The minimum atomic E-state index is -1.80. The maximum absolute atomic E-state index is 13.2. The van der Waals surface area contributed by atoms with Gasteiger partial charge in [-0.1, -0.05) is 207 Å². The molecule has 14 nitrogen and oxygen atoms in total. The molecular formula is C63H107NO13. The number of carbonyl (C=O) groups excluding carboxylic acids is 1. The lowest BCUT2D eigenvalue weighted by molar-refractivity contribution is -0.359. The molecule has 14 heteroatoms. The number of aliphatic hydroxyl groups is 8. The third kappa shape index (κ3) is 33.3. The Labute approximate surface area is 464 Å². The molecule has 77 heavy (non-hydrogen) atoms. The van der Waals surface area contributed by atoms with Gasteiger partial charge < -0.3 is 65.1 Å². The highest BCUT2D eigenvalue weighted by molar-refractivity contribution is 5.76. The fourth-order valence-electron chi connectivity index (χ4n) is 9.18. The van der Waals surface area contributed by atoms with Crippen LogP contribution in [-0.4, -0.2) is 140 Å². The summed E-state index contributed by atoms with van der Waals surface area (Å²) in [6.45, 7) is 2.61. The normalized spacial score (nSPS) is 25.4. The van der Waals surface area contributed by atoms with Gasteiger partial charge in [0.15, 0.2) is 12.6 Å². The van der Waals surface area contributed by atoms with Gasteiger partial charge in [-0.3, -0.25) is 4.79 Å². The second-order valence-electron chi connectivity index (χ2n) is 20.7. The van der Waals surface area contributed by atoms with E-state index >= 15 is 0 Å². The molecule has 0 saturated carbocycles. The molecular weight excluding hydrogens is 979 g/mol. The summed E-state index contributed by atoms with van der Waals surface area (Å²) in [6, 6.07) is -0.974. The first-order chi connectivity index (χ1) is 37.6. The van der Waals surface area contributed by atoms with Crippen molar-refractivity contribution in [1.82, 2.24) is 5.32 Å². The van der Waals surface area contributed by atoms with E-state index in [2.05, 4.69) is 98.2 Å². The number of allylic oxidation sites excluding steroid dienone is 15. The minimum Gasteiger partial charge on any atom is -0.394 e. The van der Waals surface area contributed by atoms with Crippen LogP contribution in [0.2, 0.25) is 0 Å². The zero-order chi connectivity index (χ0) is 56.0. The van der Waals surface area contributed by atoms with Crippen molar-refractivity contribution < 1.29 is 64.6 Å². The van der Waals surface area contributed by atoms with Crippen LogP contribution in [0.4, 0.5) is 0 Å². The molecule has 0 spiro atoms. The third-order valence-corrected chi connectivity index (χ3v) is 14.0. The number of hydrogen-bond donors (Lipinski definition) is 9. The van der Waals surface area contributed by atoms with Crippen LogP contribution < -0.4 is 5.32 Å². The predicted octanol–water partition coefficient (Wildman–Crippen LogP) is 10.3. The second-order valence-corrected chi connectivity index (χ2v) is 20.7. The van der Waals surface area contributed by atoms with E-state index in [-0.39, 0.29) is 18.9 Å². The highest BCUT2D eigenvalue weighted by atomic mass is 16.7. The molecule has 0 aromatic heterocycles. The van der Waals surface area contributed by atoms with Crippen molar-refractivity contribution in [2.45, 2.75) is 274 Å². The number of hydrogen-bond acceptors (Lipinski definition) is 13. The number of rotatable bonds is 46. The fourth-order valence-corrected chi connectivity index (χ4v) is 9.18. The van der Waals surface area contributed by atoms with Crippen molar-refractivity contribution in [1.29, 1.82) is 0 Å². The summed E-state index contributed by atoms with van der Waals surface area (Å²) in [7, 11) is 0. The van der Waals surface area contributed by atoms with Gasteiger partial charge in [-0.05, 0) is 83.5 Å². The van der Waals surface area contributed by atoms with Crippen molar-refractivity contribution in [3.8, 4) is 0 Å². The van der Waals surface area contributed by atoms with Crippen molar-refractivity contribution in [3.63, 3.8) is 0 Å². The van der Waals surface area contributed by atoms with Crippen LogP contribution in [0.5, 0.6) is 0 Å². The van der Waals surface area contributed by atoms with E-state index in [1.807, 2.05) is 12.2 Å². The SMILES string of the molecule is CC/C=C\C/C=C\C/C=C\C/C=C\C/C=C\CCCC(=O)NC(COC1OC(CO)C(OC2OC(CO)C(O)C(O)C2O)C(O)C1O)C(O)/C=C/CC/C=C/CC/C=C/CCCCCCCCCCCCCCCCCC. The molecule has 2 heterocycles. The van der Waals surface area contributed by atoms with Crippen molar-refractivity contribution in [3.05, 3.63) is 97.2 Å². The summed E-state index contributed by atoms with van der Waals surface area (Å²) in [6.07, 6.45) is 48.9. The first-order valence-corrected chi connectivity index (χ1v) is 30.0. The molecule has 2 saturated heterocycles. The van der Waals surface area contributed by atoms with Crippen LogP contribution >= 0.6 is 0 Å². The van der Waals surface area contributed by atoms with E-state index < -0.39 is 86.8 Å². The molecule has 0 bridgehead atoms. The van der Waals surface area contributed by atoms with Crippen molar-refractivity contribution >= 4 is 5.91 Å². The smallest absolute Gasteiger partial charge is 0.220 e. The summed E-state index contributed by atoms with van der Waals surface area (Å²) in [4.78, 5) is 13.2. The summed E-state index contributed by atoms with van der Waals surface area (Å²) in [5, 5.41) is 87.0. The highest BCUT2D eigenvalue weighted by Gasteiger charge is 2.51. The average molecular weight is 1090 g/mol. The summed E-state index contributed by atoms with van der Waals surface area (Å²) in [5.41, 5.74) is 0. The maximum atomic E-state index is 13.2. The van der Waals surface area contributed by atoms with Crippen LogP contribution in [0.3, 0.4) is 0 Å². The third-order valence-electron chi connectivity index (χ3n) is 14.0. The lowest BCUT2D eigenvalue weighted by atomic mass is 9.97. The number of aliphatic hydroxyl groups excluding tert-OH is 8. The van der Waals surface area contributed by atoms with Gasteiger partial charge in [0.1, 0.15) is 48.8 Å². The summed E-state index contributed by atoms with van der Waals surface area (Å²) < 4.78 is 22.7. The zero-order valence-electron chi connectivity index (χ0n) is 47.4. The monoisotopic (exact) mass is 1090 g/mol. The summed E-state index contributed by atoms with van der Waals surface area (Å²) >= 11 is 0. The molecule has 442 valence electrons. The van der Waals surface area contributed by atoms with Gasteiger partial charge in [0.25, 0.3) is 0 Å². The van der Waals surface area contributed by atoms with Crippen LogP contribution in [0.1, 0.15) is 200 Å². The maximum Gasteiger partial charge on any atom is 0.220 e. The molecule has 0 aliphatic carbocycles. The minimum absolute atomic E-state index is 0.186. The number of unbranched alkanes of at least 4 members (excludes halogenated alkanes) is 19. The molecule has 0 aromatic carbocycles. The Hall–Kier alpha value is -3.09. The number of ether oxygens (including phenoxy) is 4. The van der Waals surface area contributed by atoms with E-state index in [9.17, 15) is 45.6 Å². The first kappa shape index (κ1) is 70.0. The number of nitrogens with one attached hydrogen (secondary N) is 1. The molecule has 0 radical (unpaired) electrons. The van der Waals surface area contributed by atoms with Gasteiger partial charge in [0.2, 0.25) is 5.91 Å². The van der Waals surface area contributed by atoms with E-state index in [1.54, 1.807) is 6.08 Å². The van der Waals surface area contributed by atoms with Gasteiger partial charge in [-0.15, -0.1) is 0 Å². The van der Waals surface area contributed by atoms with Gasteiger partial charge in [0.05, 0.1) is 32.0 Å². The van der Waals surface area contributed by atoms with Crippen molar-refractivity contribution in [2.24, 2.45) is 0 Å². The Morgan fingerprint density at radius 3 is 1.43 bits per heavy atom. The van der Waals surface area contributed by atoms with Crippen LogP contribution in [0, 0.1) is 0 Å². The zero-order valence-corrected chi connectivity index (χ0v) is 47.4. The van der Waals surface area contributed by atoms with E-state index in [0.29, 0.717) is 19.3 Å². The van der Waals surface area contributed by atoms with Crippen LogP contribution in [-0.2, 0) is 23.7 Å². The largest absolute Gasteiger partial charge is 0.394 e. The summed E-state index contributed by atoms with van der Waals surface area (Å²) in [5.74, 6) is -0.313. The fraction of sp³-hybridized carbons (Fsp3) is 0.730. The standard InChI is InChI=1S/C63H107NO13/c1-3-5-7-9-11-13-15-17-19-21-22-23-24-25-26-27-28-29-31-32-34-36-38-40-42-44-46-52(67)51(64-55(68)47-45-43-41-39-37-35-33-30-20-18-16-14-12-10-8-6-4-2)50-74-62-60(73)58(71)61(54(49-66)76-62)77-63-59(72)57(70)56(69)53(48-65)75-63/h6,8,12,14,18,20,29,31,33,35-36,38-39,41,44,46,51-54,56-63,65-67,69-73H,3-5,7,9-11,13,15-17,19,21-28,30,32,34,37,40,42-43,45,47-50H2,1-2H3,(H,64,68)/b8-6-,14-12-,20-18-,31-29+,35-33-,38-36+,41-39-,46-44+. The van der Waals surface area contributed by atoms with Crippen LogP contribution in [0.15, 0.2) is 97.2 Å². The molecule has 0 aromatic rings. The van der Waals surface area contributed by atoms with Gasteiger partial charge in [-0.25, -0.2) is 0 Å². The topological polar surface area (TPSA) is 228 Å². The second kappa shape index (κ2) is 47.7. The van der Waals surface area contributed by atoms with E-state index in [0.717, 1.165) is 57.8 Å².